The number of nitrogens with one attached hydrogen (secondary N) is 1. The standard InChI is InChI=1S/C14H25N2O4PS/c1-9(17)12(7-8-13(15)18)16-14(19)10-3-5-11(6-4-10)20-21(2)22/h10-12,22H,3-8H2,1-2H3,(H2,15,18)(H,16,19). The molecular weight excluding hydrogens is 323 g/mol. The highest BCUT2D eigenvalue weighted by molar-refractivity contribution is 8.43. The minimum absolute atomic E-state index is 0.0904. The SMILES string of the molecule is CC(=O)C(CCC(N)=O)NC(=O)C1CCC(OP(C)S)CC1. The van der Waals surface area contributed by atoms with Crippen molar-refractivity contribution in [2.45, 2.75) is 57.6 Å². The van der Waals surface area contributed by atoms with E-state index in [-0.39, 0.29) is 36.6 Å². The van der Waals surface area contributed by atoms with Gasteiger partial charge in [0.1, 0.15) is 0 Å². The molecule has 2 atom stereocenters. The van der Waals surface area contributed by atoms with Crippen molar-refractivity contribution in [1.29, 1.82) is 0 Å². The summed E-state index contributed by atoms with van der Waals surface area (Å²) in [4.78, 5) is 34.6. The molecule has 0 aliphatic heterocycles. The average molecular weight is 348 g/mol. The van der Waals surface area contributed by atoms with Gasteiger partial charge in [-0.1, -0.05) is 0 Å². The highest BCUT2D eigenvalue weighted by atomic mass is 32.7. The summed E-state index contributed by atoms with van der Waals surface area (Å²) in [6, 6.07) is -0.630. The molecule has 1 rings (SSSR count). The second-order valence-corrected chi connectivity index (χ2v) is 8.55. The van der Waals surface area contributed by atoms with Crippen molar-refractivity contribution >= 4 is 37.2 Å². The van der Waals surface area contributed by atoms with E-state index < -0.39 is 19.3 Å². The molecule has 2 amide bonds. The largest absolute Gasteiger partial charge is 0.370 e. The Balaban J connectivity index is 2.43. The maximum Gasteiger partial charge on any atom is 0.223 e. The summed E-state index contributed by atoms with van der Waals surface area (Å²) in [6.07, 6.45) is 3.68. The van der Waals surface area contributed by atoms with Gasteiger partial charge in [0.05, 0.1) is 19.5 Å². The molecule has 0 bridgehead atoms. The Morgan fingerprint density at radius 3 is 2.36 bits per heavy atom. The number of hydrogen-bond acceptors (Lipinski definition) is 5. The van der Waals surface area contributed by atoms with Gasteiger partial charge >= 0.3 is 0 Å². The number of rotatable bonds is 8. The molecule has 2 unspecified atom stereocenters. The van der Waals surface area contributed by atoms with Crippen LogP contribution in [0.4, 0.5) is 0 Å². The van der Waals surface area contributed by atoms with E-state index in [4.69, 9.17) is 10.3 Å². The molecule has 0 radical (unpaired) electrons. The van der Waals surface area contributed by atoms with Gasteiger partial charge in [-0.2, -0.15) is 0 Å². The molecule has 6 nitrogen and oxygen atoms in total. The Kier molecular flexibility index (Phi) is 8.36. The number of ketones is 1. The second-order valence-electron chi connectivity index (χ2n) is 5.72. The first-order chi connectivity index (χ1) is 10.3. The van der Waals surface area contributed by atoms with Crippen molar-refractivity contribution < 1.29 is 18.9 Å². The number of carbonyl (C=O) groups excluding carboxylic acids is 3. The maximum absolute atomic E-state index is 12.3. The van der Waals surface area contributed by atoms with E-state index in [1.165, 1.54) is 6.92 Å². The van der Waals surface area contributed by atoms with Crippen LogP contribution in [0.2, 0.25) is 0 Å². The van der Waals surface area contributed by atoms with Gasteiger partial charge in [-0.05, 0) is 45.7 Å². The van der Waals surface area contributed by atoms with E-state index >= 15 is 0 Å². The van der Waals surface area contributed by atoms with Gasteiger partial charge in [-0.3, -0.25) is 14.4 Å². The summed E-state index contributed by atoms with van der Waals surface area (Å²) in [7, 11) is -0.681. The van der Waals surface area contributed by atoms with E-state index in [1.54, 1.807) is 0 Å². The van der Waals surface area contributed by atoms with Gasteiger partial charge in [0.25, 0.3) is 0 Å². The molecule has 0 aromatic carbocycles. The van der Waals surface area contributed by atoms with Crippen molar-refractivity contribution in [2.24, 2.45) is 11.7 Å². The normalized spacial score (nSPS) is 24.3. The smallest absolute Gasteiger partial charge is 0.223 e. The molecule has 22 heavy (non-hydrogen) atoms. The van der Waals surface area contributed by atoms with Crippen LogP contribution in [0, 0.1) is 5.92 Å². The van der Waals surface area contributed by atoms with E-state index in [0.29, 0.717) is 0 Å². The van der Waals surface area contributed by atoms with Gasteiger partial charge in [0, 0.05) is 12.3 Å². The summed E-state index contributed by atoms with van der Waals surface area (Å²) in [5.41, 5.74) is 5.09. The minimum Gasteiger partial charge on any atom is -0.370 e. The Hall–Kier alpha value is -0.650. The van der Waals surface area contributed by atoms with Crippen LogP contribution in [0.5, 0.6) is 0 Å². The molecule has 0 aromatic rings. The molecule has 1 aliphatic rings. The summed E-state index contributed by atoms with van der Waals surface area (Å²) in [6.45, 7) is 3.35. The molecule has 126 valence electrons. The van der Waals surface area contributed by atoms with Crippen molar-refractivity contribution in [2.75, 3.05) is 6.66 Å². The van der Waals surface area contributed by atoms with Gasteiger partial charge < -0.3 is 15.6 Å². The minimum atomic E-state index is -0.681. The monoisotopic (exact) mass is 348 g/mol. The summed E-state index contributed by atoms with van der Waals surface area (Å²) in [5, 5.41) is 2.75. The Labute approximate surface area is 137 Å². The zero-order valence-corrected chi connectivity index (χ0v) is 14.9. The van der Waals surface area contributed by atoms with Crippen LogP contribution in [0.25, 0.3) is 0 Å². The van der Waals surface area contributed by atoms with Crippen LogP contribution < -0.4 is 11.1 Å². The van der Waals surface area contributed by atoms with Crippen molar-refractivity contribution in [1.82, 2.24) is 5.32 Å². The molecular formula is C14H25N2O4PS. The Morgan fingerprint density at radius 1 is 1.32 bits per heavy atom. The molecule has 8 heteroatoms. The maximum atomic E-state index is 12.3. The van der Waals surface area contributed by atoms with Gasteiger partial charge in [-0.15, -0.1) is 12.2 Å². The molecule has 0 aromatic heterocycles. The number of nitrogens with two attached hydrogens (primary N) is 1. The van der Waals surface area contributed by atoms with Crippen molar-refractivity contribution in [3.63, 3.8) is 0 Å². The van der Waals surface area contributed by atoms with E-state index in [9.17, 15) is 14.4 Å². The lowest BCUT2D eigenvalue weighted by Gasteiger charge is -2.29. The molecule has 0 heterocycles. The number of Topliss-reactive ketones (excluding diaryl/α,β-unsaturated/α-hetero) is 1. The average Bonchev–Trinajstić information content (AvgIpc) is 2.42. The highest BCUT2D eigenvalue weighted by Crippen LogP contribution is 2.42. The fourth-order valence-electron chi connectivity index (χ4n) is 2.60. The lowest BCUT2D eigenvalue weighted by molar-refractivity contribution is -0.131. The summed E-state index contributed by atoms with van der Waals surface area (Å²) in [5.74, 6) is -0.842. The predicted molar refractivity (Wildman–Crippen MR) is 89.7 cm³/mol. The van der Waals surface area contributed by atoms with E-state index in [1.807, 2.05) is 6.66 Å². The molecule has 1 fully saturated rings. The third-order valence-electron chi connectivity index (χ3n) is 3.83. The zero-order chi connectivity index (χ0) is 16.7. The van der Waals surface area contributed by atoms with Crippen LogP contribution in [-0.4, -0.2) is 36.4 Å². The number of thiol groups is 1. The Bertz CT molecular complexity index is 412. The van der Waals surface area contributed by atoms with Crippen molar-refractivity contribution in [3.8, 4) is 0 Å². The molecule has 0 spiro atoms. The first kappa shape index (κ1) is 19.4. The number of hydrogen-bond donors (Lipinski definition) is 3. The van der Waals surface area contributed by atoms with Gasteiger partial charge in [-0.25, -0.2) is 0 Å². The quantitative estimate of drug-likeness (QED) is 0.460. The fourth-order valence-corrected chi connectivity index (χ4v) is 3.64. The third-order valence-corrected chi connectivity index (χ3v) is 4.72. The molecule has 3 N–H and O–H groups in total. The van der Waals surface area contributed by atoms with Crippen LogP contribution >= 0.6 is 19.6 Å². The number of carbonyl (C=O) groups is 3. The fraction of sp³-hybridized carbons (Fsp3) is 0.786. The van der Waals surface area contributed by atoms with Crippen LogP contribution in [0.15, 0.2) is 0 Å². The molecule has 0 saturated heterocycles. The van der Waals surface area contributed by atoms with Gasteiger partial charge in [0.2, 0.25) is 11.8 Å². The highest BCUT2D eigenvalue weighted by Gasteiger charge is 2.29. The first-order valence-corrected chi connectivity index (χ1v) is 10.3. The van der Waals surface area contributed by atoms with Crippen LogP contribution in [-0.2, 0) is 18.9 Å². The van der Waals surface area contributed by atoms with Gasteiger partial charge in [0.15, 0.2) is 5.78 Å². The molecule has 1 aliphatic carbocycles. The topological polar surface area (TPSA) is 98.5 Å². The number of primary amides is 1. The third kappa shape index (κ3) is 7.07. The second kappa shape index (κ2) is 9.48. The zero-order valence-electron chi connectivity index (χ0n) is 13.1. The summed E-state index contributed by atoms with van der Waals surface area (Å²) >= 11 is 4.27. The van der Waals surface area contributed by atoms with Crippen molar-refractivity contribution in [3.05, 3.63) is 0 Å². The van der Waals surface area contributed by atoms with E-state index in [2.05, 4.69) is 17.6 Å². The Morgan fingerprint density at radius 2 is 1.91 bits per heavy atom. The lowest BCUT2D eigenvalue weighted by atomic mass is 9.86. The molecule has 1 saturated carbocycles. The predicted octanol–water partition coefficient (Wildman–Crippen LogP) is 1.77. The first-order valence-electron chi connectivity index (χ1n) is 7.48. The number of amides is 2. The lowest BCUT2D eigenvalue weighted by Crippen LogP contribution is -2.44. The van der Waals surface area contributed by atoms with Crippen LogP contribution in [0.1, 0.15) is 45.4 Å². The van der Waals surface area contributed by atoms with E-state index in [0.717, 1.165) is 25.7 Å². The van der Waals surface area contributed by atoms with Crippen LogP contribution in [0.3, 0.4) is 0 Å². The summed E-state index contributed by atoms with van der Waals surface area (Å²) < 4.78 is 5.70.